The zero-order chi connectivity index (χ0) is 14.6. The van der Waals surface area contributed by atoms with Gasteiger partial charge in [-0.2, -0.15) is 0 Å². The van der Waals surface area contributed by atoms with Crippen molar-refractivity contribution in [1.29, 1.82) is 0 Å². The molecule has 2 atom stereocenters. The highest BCUT2D eigenvalue weighted by Crippen LogP contribution is 2.05. The highest BCUT2D eigenvalue weighted by Gasteiger charge is 2.29. The van der Waals surface area contributed by atoms with Crippen LogP contribution in [0.2, 0.25) is 0 Å². The van der Waals surface area contributed by atoms with Crippen molar-refractivity contribution in [3.63, 3.8) is 0 Å². The molecule has 0 aromatic rings. The molecule has 4 N–H and O–H groups in total. The van der Waals surface area contributed by atoms with Gasteiger partial charge in [-0.25, -0.2) is 8.42 Å². The van der Waals surface area contributed by atoms with Crippen LogP contribution in [0.3, 0.4) is 0 Å². The van der Waals surface area contributed by atoms with Gasteiger partial charge in [-0.15, -0.1) is 0 Å². The first-order valence-corrected chi connectivity index (χ1v) is 7.82. The molecule has 1 aliphatic heterocycles. The first kappa shape index (κ1) is 15.6. The average Bonchev–Trinajstić information content (AvgIpc) is 2.28. The number of amides is 3. The Morgan fingerprint density at radius 3 is 2.68 bits per heavy atom. The van der Waals surface area contributed by atoms with Gasteiger partial charge in [0, 0.05) is 12.7 Å². The molecule has 1 saturated heterocycles. The van der Waals surface area contributed by atoms with E-state index >= 15 is 0 Å². The summed E-state index contributed by atoms with van der Waals surface area (Å²) >= 11 is 0. The van der Waals surface area contributed by atoms with E-state index in [0.29, 0.717) is 0 Å². The normalized spacial score (nSPS) is 21.7. The summed E-state index contributed by atoms with van der Waals surface area (Å²) in [5.41, 5.74) is 5.54. The summed E-state index contributed by atoms with van der Waals surface area (Å²) in [5.74, 6) is -1.74. The Kier molecular flexibility index (Phi) is 5.01. The van der Waals surface area contributed by atoms with Crippen LogP contribution in [-0.4, -0.2) is 50.2 Å². The molecule has 3 amide bonds. The van der Waals surface area contributed by atoms with Crippen LogP contribution in [0.25, 0.3) is 0 Å². The minimum atomic E-state index is -3.19. The summed E-state index contributed by atoms with van der Waals surface area (Å²) in [6.45, 7) is 0. The molecule has 108 valence electrons. The largest absolute Gasteiger partial charge is 0.343 e. The van der Waals surface area contributed by atoms with Crippen LogP contribution in [0.4, 0.5) is 0 Å². The van der Waals surface area contributed by atoms with Gasteiger partial charge in [-0.05, 0) is 12.8 Å². The highest BCUT2D eigenvalue weighted by molar-refractivity contribution is 7.90. The SMILES string of the molecule is CS(=O)(=O)CCC(N)C(=O)NC1CCC(=O)NC1=O. The zero-order valence-electron chi connectivity index (χ0n) is 10.5. The Morgan fingerprint density at radius 2 is 2.16 bits per heavy atom. The van der Waals surface area contributed by atoms with Gasteiger partial charge >= 0.3 is 0 Å². The Morgan fingerprint density at radius 1 is 1.53 bits per heavy atom. The summed E-state index contributed by atoms with van der Waals surface area (Å²) in [6.07, 6.45) is 1.40. The molecule has 0 radical (unpaired) electrons. The van der Waals surface area contributed by atoms with E-state index < -0.39 is 33.7 Å². The van der Waals surface area contributed by atoms with Crippen molar-refractivity contribution in [3.05, 3.63) is 0 Å². The Hall–Kier alpha value is -1.48. The van der Waals surface area contributed by atoms with E-state index in [9.17, 15) is 22.8 Å². The molecular weight excluding hydrogens is 274 g/mol. The van der Waals surface area contributed by atoms with Gasteiger partial charge < -0.3 is 11.1 Å². The number of nitrogens with two attached hydrogens (primary N) is 1. The van der Waals surface area contributed by atoms with Crippen LogP contribution in [0.1, 0.15) is 19.3 Å². The monoisotopic (exact) mass is 291 g/mol. The van der Waals surface area contributed by atoms with Crippen molar-refractivity contribution >= 4 is 27.6 Å². The van der Waals surface area contributed by atoms with E-state index in [1.165, 1.54) is 0 Å². The van der Waals surface area contributed by atoms with Crippen molar-refractivity contribution in [2.24, 2.45) is 5.73 Å². The van der Waals surface area contributed by atoms with E-state index in [4.69, 9.17) is 5.73 Å². The van der Waals surface area contributed by atoms with Crippen LogP contribution >= 0.6 is 0 Å². The third kappa shape index (κ3) is 5.35. The van der Waals surface area contributed by atoms with Crippen molar-refractivity contribution < 1.29 is 22.8 Å². The average molecular weight is 291 g/mol. The maximum atomic E-state index is 11.7. The van der Waals surface area contributed by atoms with E-state index in [2.05, 4.69) is 10.6 Å². The molecule has 1 fully saturated rings. The molecule has 0 bridgehead atoms. The molecule has 0 spiro atoms. The first-order valence-electron chi connectivity index (χ1n) is 5.76. The van der Waals surface area contributed by atoms with Gasteiger partial charge in [0.05, 0.1) is 11.8 Å². The predicted molar refractivity (Wildman–Crippen MR) is 66.6 cm³/mol. The lowest BCUT2D eigenvalue weighted by molar-refractivity contribution is -0.137. The molecule has 9 heteroatoms. The lowest BCUT2D eigenvalue weighted by Gasteiger charge is -2.23. The summed E-state index contributed by atoms with van der Waals surface area (Å²) in [4.78, 5) is 34.0. The molecule has 0 aromatic heterocycles. The Bertz CT molecular complexity index is 487. The molecule has 1 aliphatic rings. The lowest BCUT2D eigenvalue weighted by Crippen LogP contribution is -2.55. The fraction of sp³-hybridized carbons (Fsp3) is 0.700. The van der Waals surface area contributed by atoms with Crippen LogP contribution in [-0.2, 0) is 24.2 Å². The van der Waals surface area contributed by atoms with E-state index in [-0.39, 0.29) is 30.9 Å². The van der Waals surface area contributed by atoms with Gasteiger partial charge in [0.1, 0.15) is 15.9 Å². The van der Waals surface area contributed by atoms with Gasteiger partial charge in [-0.1, -0.05) is 0 Å². The van der Waals surface area contributed by atoms with Crippen LogP contribution in [0.5, 0.6) is 0 Å². The number of piperidine rings is 1. The number of carbonyl (C=O) groups is 3. The van der Waals surface area contributed by atoms with Gasteiger partial charge in [-0.3, -0.25) is 19.7 Å². The van der Waals surface area contributed by atoms with Crippen LogP contribution < -0.4 is 16.4 Å². The maximum Gasteiger partial charge on any atom is 0.249 e. The standard InChI is InChI=1S/C10H17N3O5S/c1-19(17,18)5-4-6(11)9(15)12-7-2-3-8(14)13-10(7)16/h6-7H,2-5,11H2,1H3,(H,12,15)(H,13,14,16). The van der Waals surface area contributed by atoms with E-state index in [1.54, 1.807) is 0 Å². The summed E-state index contributed by atoms with van der Waals surface area (Å²) in [7, 11) is -3.19. The third-order valence-electron chi connectivity index (χ3n) is 2.69. The second kappa shape index (κ2) is 6.11. The second-order valence-electron chi connectivity index (χ2n) is 4.54. The smallest absolute Gasteiger partial charge is 0.249 e. The molecule has 0 aliphatic carbocycles. The quantitative estimate of drug-likeness (QED) is 0.486. The maximum absolute atomic E-state index is 11.7. The topological polar surface area (TPSA) is 135 Å². The van der Waals surface area contributed by atoms with Crippen LogP contribution in [0, 0.1) is 0 Å². The fourth-order valence-corrected chi connectivity index (χ4v) is 2.26. The molecule has 1 rings (SSSR count). The van der Waals surface area contributed by atoms with Crippen molar-refractivity contribution in [1.82, 2.24) is 10.6 Å². The fourth-order valence-electron chi connectivity index (χ4n) is 1.58. The first-order chi connectivity index (χ1) is 8.69. The van der Waals surface area contributed by atoms with Crippen molar-refractivity contribution in [2.75, 3.05) is 12.0 Å². The predicted octanol–water partition coefficient (Wildman–Crippen LogP) is -2.33. The molecule has 1 heterocycles. The summed E-state index contributed by atoms with van der Waals surface area (Å²) < 4.78 is 21.9. The van der Waals surface area contributed by atoms with Gasteiger partial charge in [0.15, 0.2) is 0 Å². The lowest BCUT2D eigenvalue weighted by atomic mass is 10.1. The van der Waals surface area contributed by atoms with Gasteiger partial charge in [0.2, 0.25) is 17.7 Å². The number of sulfone groups is 1. The van der Waals surface area contributed by atoms with Crippen molar-refractivity contribution in [3.8, 4) is 0 Å². The van der Waals surface area contributed by atoms with E-state index in [1.807, 2.05) is 0 Å². The number of imide groups is 1. The molecule has 0 aromatic carbocycles. The minimum absolute atomic E-state index is 0.0159. The second-order valence-corrected chi connectivity index (χ2v) is 6.80. The summed E-state index contributed by atoms with van der Waals surface area (Å²) in [5, 5.41) is 4.50. The number of hydrogen-bond acceptors (Lipinski definition) is 6. The number of hydrogen-bond donors (Lipinski definition) is 3. The Balaban J connectivity index is 2.46. The van der Waals surface area contributed by atoms with Crippen molar-refractivity contribution in [2.45, 2.75) is 31.3 Å². The Labute approximate surface area is 111 Å². The van der Waals surface area contributed by atoms with Crippen LogP contribution in [0.15, 0.2) is 0 Å². The number of nitrogens with one attached hydrogen (secondary N) is 2. The molecular formula is C10H17N3O5S. The third-order valence-corrected chi connectivity index (χ3v) is 3.67. The number of rotatable bonds is 5. The van der Waals surface area contributed by atoms with E-state index in [0.717, 1.165) is 6.26 Å². The molecule has 0 saturated carbocycles. The highest BCUT2D eigenvalue weighted by atomic mass is 32.2. The zero-order valence-corrected chi connectivity index (χ0v) is 11.3. The molecule has 19 heavy (non-hydrogen) atoms. The molecule has 8 nitrogen and oxygen atoms in total. The molecule has 2 unspecified atom stereocenters. The number of carbonyl (C=O) groups excluding carboxylic acids is 3. The minimum Gasteiger partial charge on any atom is -0.343 e. The van der Waals surface area contributed by atoms with Gasteiger partial charge in [0.25, 0.3) is 0 Å². The summed E-state index contributed by atoms with van der Waals surface area (Å²) in [6, 6.07) is -1.80.